The van der Waals surface area contributed by atoms with Gasteiger partial charge in [-0.2, -0.15) is 0 Å². The first kappa shape index (κ1) is 28.4. The van der Waals surface area contributed by atoms with Gasteiger partial charge in [0.2, 0.25) is 0 Å². The Labute approximate surface area is 285 Å². The molecule has 4 aliphatic carbocycles. The van der Waals surface area contributed by atoms with E-state index in [1.165, 1.54) is 99.4 Å². The lowest BCUT2D eigenvalue weighted by molar-refractivity contribution is 0.638. The molecule has 0 aliphatic heterocycles. The molecule has 0 aromatic heterocycles. The summed E-state index contributed by atoms with van der Waals surface area (Å²) < 4.78 is 0. The molecule has 234 valence electrons. The van der Waals surface area contributed by atoms with Crippen molar-refractivity contribution in [2.45, 2.75) is 90.9 Å². The van der Waals surface area contributed by atoms with Gasteiger partial charge in [0, 0.05) is 32.8 Å². The fraction of sp³-hybridized carbons (Fsp3) is 0.292. The van der Waals surface area contributed by atoms with Crippen LogP contribution < -0.4 is 0 Å². The zero-order valence-electron chi connectivity index (χ0n) is 29.9. The molecule has 48 heavy (non-hydrogen) atoms. The van der Waals surface area contributed by atoms with E-state index in [-0.39, 0.29) is 21.7 Å². The predicted octanol–water partition coefficient (Wildman–Crippen LogP) is 11.9. The van der Waals surface area contributed by atoms with Gasteiger partial charge in [-0.1, -0.05) is 116 Å². The maximum absolute atomic E-state index is 3.74. The quantitative estimate of drug-likeness (QED) is 0.149. The van der Waals surface area contributed by atoms with Crippen molar-refractivity contribution >= 4 is 21.5 Å². The summed E-state index contributed by atoms with van der Waals surface area (Å²) in [6.07, 6.45) is 0. The van der Waals surface area contributed by atoms with Crippen LogP contribution in [0.1, 0.15) is 122 Å². The highest BCUT2D eigenvalue weighted by atomic mass is 14.5. The molecule has 6 aromatic carbocycles. The molecule has 0 atom stereocenters. The second-order valence-corrected chi connectivity index (χ2v) is 17.3. The highest BCUT2D eigenvalue weighted by Gasteiger charge is 2.47. The Balaban J connectivity index is 1.20. The monoisotopic (exact) mass is 618 g/mol. The normalized spacial score (nSPS) is 18.3. The summed E-state index contributed by atoms with van der Waals surface area (Å²) in [6.45, 7) is 23.9. The standard InChI is InChI=1S/C48H42/c1-25-19-33-43-39-29(25)13-11-15-31(39)45(3,4)35-21-27(23-37(41(35)43)47(33,7)8)17-18-28-22-36-42-38(24-28)48(9,10)34-20-26(2)30-14-12-16-32(46(36,5)6)40(30)44(34)42/h11-16,19-24H,1-10H3. The number of benzene rings is 6. The molecule has 0 nitrogen and oxygen atoms in total. The highest BCUT2D eigenvalue weighted by Crippen LogP contribution is 2.61. The second kappa shape index (κ2) is 8.33. The van der Waals surface area contributed by atoms with E-state index in [1.54, 1.807) is 0 Å². The van der Waals surface area contributed by atoms with Crippen LogP contribution in [-0.4, -0.2) is 0 Å². The minimum atomic E-state index is -0.117. The molecule has 6 aromatic rings. The summed E-state index contributed by atoms with van der Waals surface area (Å²) in [4.78, 5) is 0. The summed E-state index contributed by atoms with van der Waals surface area (Å²) in [5.74, 6) is 7.47. The SMILES string of the molecule is Cc1cc2c3c4c(cccc14)C(C)(C)c1cc(C#Cc4cc5c6c(c4)C(C)(C)c4cccc7c(C)cc(c-6c47)C5(C)C)cc(c1-3)C2(C)C. The van der Waals surface area contributed by atoms with Crippen molar-refractivity contribution in [3.8, 4) is 34.1 Å². The molecule has 10 rings (SSSR count). The minimum Gasteiger partial charge on any atom is -0.0616 e. The van der Waals surface area contributed by atoms with Crippen molar-refractivity contribution < 1.29 is 0 Å². The van der Waals surface area contributed by atoms with Gasteiger partial charge in [-0.3, -0.25) is 0 Å². The molecule has 0 heteroatoms. The minimum absolute atomic E-state index is 0.0853. The zero-order chi connectivity index (χ0) is 33.4. The Hall–Kier alpha value is -4.60. The van der Waals surface area contributed by atoms with Crippen LogP contribution in [0.25, 0.3) is 43.8 Å². The van der Waals surface area contributed by atoms with Gasteiger partial charge in [0.1, 0.15) is 0 Å². The first-order chi connectivity index (χ1) is 22.6. The Morgan fingerprint density at radius 3 is 1.04 bits per heavy atom. The van der Waals surface area contributed by atoms with E-state index < -0.39 is 0 Å². The predicted molar refractivity (Wildman–Crippen MR) is 203 cm³/mol. The van der Waals surface area contributed by atoms with Crippen LogP contribution in [0.3, 0.4) is 0 Å². The van der Waals surface area contributed by atoms with E-state index in [0.29, 0.717) is 0 Å². The van der Waals surface area contributed by atoms with E-state index in [2.05, 4.69) is 154 Å². The Morgan fingerprint density at radius 2 is 0.688 bits per heavy atom. The number of rotatable bonds is 0. The van der Waals surface area contributed by atoms with Crippen molar-refractivity contribution in [2.24, 2.45) is 0 Å². The van der Waals surface area contributed by atoms with Crippen molar-refractivity contribution in [3.63, 3.8) is 0 Å². The topological polar surface area (TPSA) is 0 Å². The van der Waals surface area contributed by atoms with Crippen molar-refractivity contribution in [2.75, 3.05) is 0 Å². The number of hydrogen-bond acceptors (Lipinski definition) is 0. The molecule has 4 aliphatic rings. The lowest BCUT2D eigenvalue weighted by atomic mass is 9.67. The molecule has 0 amide bonds. The Kier molecular flexibility index (Phi) is 4.93. The van der Waals surface area contributed by atoms with Crippen molar-refractivity contribution in [3.05, 3.63) is 140 Å². The van der Waals surface area contributed by atoms with E-state index >= 15 is 0 Å². The summed E-state index contributed by atoms with van der Waals surface area (Å²) in [6, 6.07) is 28.4. The largest absolute Gasteiger partial charge is 0.0616 e. The molecule has 0 fully saturated rings. The molecule has 0 heterocycles. The second-order valence-electron chi connectivity index (χ2n) is 17.3. The van der Waals surface area contributed by atoms with Crippen LogP contribution in [0.15, 0.2) is 72.8 Å². The van der Waals surface area contributed by atoms with Gasteiger partial charge < -0.3 is 0 Å². The molecule has 0 unspecified atom stereocenters. The van der Waals surface area contributed by atoms with E-state index in [9.17, 15) is 0 Å². The molecule has 0 spiro atoms. The third kappa shape index (κ3) is 3.07. The van der Waals surface area contributed by atoms with Gasteiger partial charge in [-0.15, -0.1) is 0 Å². The third-order valence-corrected chi connectivity index (χ3v) is 13.3. The van der Waals surface area contributed by atoms with Crippen molar-refractivity contribution in [1.82, 2.24) is 0 Å². The molecule has 0 radical (unpaired) electrons. The van der Waals surface area contributed by atoms with Crippen LogP contribution in [0.5, 0.6) is 0 Å². The Bertz CT molecular complexity index is 2440. The van der Waals surface area contributed by atoms with Gasteiger partial charge in [0.05, 0.1) is 0 Å². The highest BCUT2D eigenvalue weighted by molar-refractivity contribution is 6.10. The maximum Gasteiger partial charge on any atom is 0.0255 e. The lowest BCUT2D eigenvalue weighted by Crippen LogP contribution is -2.24. The molecule has 0 bridgehead atoms. The van der Waals surface area contributed by atoms with Crippen molar-refractivity contribution in [1.29, 1.82) is 0 Å². The fourth-order valence-electron chi connectivity index (χ4n) is 10.5. The molecule has 0 N–H and O–H groups in total. The smallest absolute Gasteiger partial charge is 0.0255 e. The molecular weight excluding hydrogens is 577 g/mol. The average Bonchev–Trinajstić information content (AvgIpc) is 3.41. The lowest BCUT2D eigenvalue weighted by Gasteiger charge is -2.35. The summed E-state index contributed by atoms with van der Waals surface area (Å²) in [5.41, 5.74) is 21.9. The zero-order valence-corrected chi connectivity index (χ0v) is 29.9. The van der Waals surface area contributed by atoms with Crippen LogP contribution in [0.2, 0.25) is 0 Å². The van der Waals surface area contributed by atoms with Gasteiger partial charge in [0.25, 0.3) is 0 Å². The molecule has 0 saturated carbocycles. The summed E-state index contributed by atoms with van der Waals surface area (Å²) in [5, 5.41) is 5.71. The van der Waals surface area contributed by atoms with Gasteiger partial charge in [-0.05, 0) is 138 Å². The van der Waals surface area contributed by atoms with Crippen LogP contribution >= 0.6 is 0 Å². The first-order valence-electron chi connectivity index (χ1n) is 17.7. The summed E-state index contributed by atoms with van der Waals surface area (Å²) >= 11 is 0. The van der Waals surface area contributed by atoms with Gasteiger partial charge >= 0.3 is 0 Å². The summed E-state index contributed by atoms with van der Waals surface area (Å²) in [7, 11) is 0. The third-order valence-electron chi connectivity index (χ3n) is 13.3. The average molecular weight is 619 g/mol. The van der Waals surface area contributed by atoms with Gasteiger partial charge in [0.15, 0.2) is 0 Å². The van der Waals surface area contributed by atoms with Crippen LogP contribution in [0, 0.1) is 25.7 Å². The first-order valence-corrected chi connectivity index (χ1v) is 17.7. The number of hydrogen-bond donors (Lipinski definition) is 0. The van der Waals surface area contributed by atoms with Crippen LogP contribution in [-0.2, 0) is 21.7 Å². The van der Waals surface area contributed by atoms with Gasteiger partial charge in [-0.25, -0.2) is 0 Å². The fourth-order valence-corrected chi connectivity index (χ4v) is 10.5. The molecular formula is C48H42. The Morgan fingerprint density at radius 1 is 0.375 bits per heavy atom. The molecule has 0 saturated heterocycles. The van der Waals surface area contributed by atoms with E-state index in [4.69, 9.17) is 0 Å². The number of aryl methyl sites for hydroxylation is 2. The van der Waals surface area contributed by atoms with E-state index in [1.807, 2.05) is 0 Å². The maximum atomic E-state index is 3.74. The van der Waals surface area contributed by atoms with E-state index in [0.717, 1.165) is 11.1 Å². The van der Waals surface area contributed by atoms with Crippen LogP contribution in [0.4, 0.5) is 0 Å².